The van der Waals surface area contributed by atoms with Gasteiger partial charge in [-0.3, -0.25) is 23.9 Å². The number of nitrogens with zero attached hydrogens (tertiary/aromatic N) is 2. The van der Waals surface area contributed by atoms with E-state index in [2.05, 4.69) is 30.6 Å². The fourth-order valence-corrected chi connectivity index (χ4v) is 9.36. The van der Waals surface area contributed by atoms with Gasteiger partial charge in [-0.15, -0.1) is 0 Å². The van der Waals surface area contributed by atoms with E-state index in [9.17, 15) is 32.4 Å². The maximum absolute atomic E-state index is 14.5. The number of rotatable bonds is 3. The van der Waals surface area contributed by atoms with Crippen LogP contribution in [0.5, 0.6) is 6.01 Å². The van der Waals surface area contributed by atoms with E-state index in [1.165, 1.54) is 4.90 Å². The number of para-hydroxylation sites is 1. The normalized spacial score (nSPS) is 27.2. The molecule has 2 saturated carbocycles. The van der Waals surface area contributed by atoms with Crippen LogP contribution in [0.3, 0.4) is 0 Å². The van der Waals surface area contributed by atoms with E-state index in [1.807, 2.05) is 19.1 Å². The van der Waals surface area contributed by atoms with Crippen molar-refractivity contribution in [3.05, 3.63) is 35.9 Å². The van der Waals surface area contributed by atoms with E-state index in [1.54, 1.807) is 59.7 Å². The van der Waals surface area contributed by atoms with E-state index in [4.69, 9.17) is 9.47 Å². The maximum Gasteiger partial charge on any atom is 0.408 e. The number of alkyl carbamates (subject to hydrolysis) is 1. The number of benzene rings is 1. The summed E-state index contributed by atoms with van der Waals surface area (Å²) in [6.45, 7) is 12.5. The van der Waals surface area contributed by atoms with E-state index in [0.29, 0.717) is 61.7 Å². The second-order valence-electron chi connectivity index (χ2n) is 17.6. The van der Waals surface area contributed by atoms with Crippen molar-refractivity contribution >= 4 is 50.8 Å². The summed E-state index contributed by atoms with van der Waals surface area (Å²) in [6.07, 6.45) is 4.98. The lowest BCUT2D eigenvalue weighted by Gasteiger charge is -2.36. The number of amides is 5. The number of fused-ring (bicyclic) bond motifs is 3. The van der Waals surface area contributed by atoms with E-state index in [-0.39, 0.29) is 37.2 Å². The first-order chi connectivity index (χ1) is 26.2. The van der Waals surface area contributed by atoms with Crippen LogP contribution in [0.25, 0.3) is 11.0 Å². The molecule has 5 N–H and O–H groups in total. The number of nitrogens with one attached hydrogen (secondary N) is 5. The lowest BCUT2D eigenvalue weighted by Crippen LogP contribution is -2.60. The molecule has 1 saturated heterocycles. The van der Waals surface area contributed by atoms with Gasteiger partial charge in [0.1, 0.15) is 34.8 Å². The number of carbonyl (C=O) groups excluding carboxylic acids is 5. The summed E-state index contributed by atoms with van der Waals surface area (Å²) in [6, 6.07) is 2.89. The summed E-state index contributed by atoms with van der Waals surface area (Å²) in [7, 11) is -4.10. The number of carbonyl (C=O) groups is 5. The Kier molecular flexibility index (Phi) is 11.0. The van der Waals surface area contributed by atoms with Gasteiger partial charge in [0.2, 0.25) is 21.8 Å². The van der Waals surface area contributed by atoms with E-state index >= 15 is 0 Å². The third kappa shape index (κ3) is 8.51. The largest absolute Gasteiger partial charge is 0.459 e. The zero-order valence-electron chi connectivity index (χ0n) is 33.2. The van der Waals surface area contributed by atoms with Gasteiger partial charge in [-0.2, -0.15) is 4.98 Å². The standard InChI is InChI=1S/C39H55N7O9S/c1-8-23-21-39(23)33(50)45-56(52,53)38(17-18-38)16-11-9-10-12-19-40-30(47)25-14-13-15-26-28(25)42-34(41-26)54-24-20-27(31(48)44-39)46(22-24)32(49)29(36(2,3)4)43-35(51)55-37(5,6)7/h9-10,13-15,23-24,27,29H,8,11-12,16-22H2,1-7H3,(H,40,47)(H,41,42)(H,43,51)(H,44,48)(H,45,50)/t23-,24-,27+,29-,39-/m1/s1. The minimum absolute atomic E-state index is 0.0197. The first-order valence-electron chi connectivity index (χ1n) is 19.5. The number of likely N-dealkylation sites (tertiary alicyclic amines) is 1. The Bertz CT molecular complexity index is 2030. The Morgan fingerprint density at radius 1 is 1.07 bits per heavy atom. The van der Waals surface area contributed by atoms with Gasteiger partial charge in [-0.05, 0) is 82.8 Å². The highest BCUT2D eigenvalue weighted by Gasteiger charge is 2.63. The van der Waals surface area contributed by atoms with Crippen LogP contribution < -0.4 is 25.4 Å². The minimum Gasteiger partial charge on any atom is -0.459 e. The summed E-state index contributed by atoms with van der Waals surface area (Å²) in [5, 5.41) is 8.47. The summed E-state index contributed by atoms with van der Waals surface area (Å²) in [5.41, 5.74) is -1.91. The van der Waals surface area contributed by atoms with Crippen LogP contribution in [-0.2, 0) is 29.1 Å². The predicted molar refractivity (Wildman–Crippen MR) is 207 cm³/mol. The molecule has 17 heteroatoms. The highest BCUT2D eigenvalue weighted by Crippen LogP contribution is 2.50. The van der Waals surface area contributed by atoms with Crippen LogP contribution in [-0.4, -0.2) is 100 Å². The molecule has 4 bridgehead atoms. The number of ether oxygens (including phenoxy) is 2. The van der Waals surface area contributed by atoms with Crippen LogP contribution in [0, 0.1) is 11.3 Å². The van der Waals surface area contributed by atoms with Crippen LogP contribution in [0.4, 0.5) is 4.79 Å². The van der Waals surface area contributed by atoms with Gasteiger partial charge in [-0.1, -0.05) is 52.3 Å². The topological polar surface area (TPSA) is 218 Å². The Morgan fingerprint density at radius 3 is 2.43 bits per heavy atom. The molecule has 2 aromatic rings. The molecule has 16 nitrogen and oxygen atoms in total. The fourth-order valence-electron chi connectivity index (χ4n) is 7.70. The van der Waals surface area contributed by atoms with Crippen LogP contribution in [0.15, 0.2) is 30.4 Å². The van der Waals surface area contributed by atoms with Crippen molar-refractivity contribution in [2.24, 2.45) is 11.3 Å². The number of H-pyrrole nitrogens is 1. The average Bonchev–Trinajstić information content (AvgIpc) is 3.95. The summed E-state index contributed by atoms with van der Waals surface area (Å²) >= 11 is 0. The Hall–Kier alpha value is -4.67. The van der Waals surface area contributed by atoms with Gasteiger partial charge >= 0.3 is 6.09 Å². The third-order valence-corrected chi connectivity index (χ3v) is 13.3. The zero-order valence-corrected chi connectivity index (χ0v) is 34.1. The number of hydrogen-bond donors (Lipinski definition) is 5. The molecule has 4 aliphatic rings. The lowest BCUT2D eigenvalue weighted by molar-refractivity contribution is -0.143. The number of sulfonamides is 1. The van der Waals surface area contributed by atoms with Crippen molar-refractivity contribution in [1.82, 2.24) is 35.5 Å². The monoisotopic (exact) mass is 797 g/mol. The molecule has 2 aliphatic carbocycles. The molecule has 1 aromatic carbocycles. The molecule has 3 heterocycles. The molecule has 3 fully saturated rings. The maximum atomic E-state index is 14.5. The molecular formula is C39H55N7O9S. The molecular weight excluding hydrogens is 743 g/mol. The van der Waals surface area contributed by atoms with Gasteiger partial charge in [0.15, 0.2) is 0 Å². The summed E-state index contributed by atoms with van der Waals surface area (Å²) in [5.74, 6) is -2.70. The number of imidazole rings is 1. The second-order valence-corrected chi connectivity index (χ2v) is 19.7. The molecule has 5 amide bonds. The van der Waals surface area contributed by atoms with Gasteiger partial charge < -0.3 is 35.3 Å². The lowest BCUT2D eigenvalue weighted by atomic mass is 9.85. The van der Waals surface area contributed by atoms with Gasteiger partial charge in [0, 0.05) is 13.0 Å². The minimum atomic E-state index is -4.10. The summed E-state index contributed by atoms with van der Waals surface area (Å²) < 4.78 is 40.4. The molecule has 2 aliphatic heterocycles. The Morgan fingerprint density at radius 2 is 1.79 bits per heavy atom. The highest BCUT2D eigenvalue weighted by atomic mass is 32.2. The fraction of sp³-hybridized carbons (Fsp3) is 0.641. The van der Waals surface area contributed by atoms with Crippen LogP contribution in [0.1, 0.15) is 110 Å². The molecule has 1 aromatic heterocycles. The highest BCUT2D eigenvalue weighted by molar-refractivity contribution is 7.91. The number of aromatic nitrogens is 2. The van der Waals surface area contributed by atoms with Crippen molar-refractivity contribution in [2.45, 2.75) is 134 Å². The Labute approximate surface area is 327 Å². The number of hydrogen-bond acceptors (Lipinski definition) is 10. The van der Waals surface area contributed by atoms with E-state index < -0.39 is 73.3 Å². The number of aromatic amines is 1. The molecule has 56 heavy (non-hydrogen) atoms. The van der Waals surface area contributed by atoms with Crippen molar-refractivity contribution in [1.29, 1.82) is 0 Å². The molecule has 0 unspecified atom stereocenters. The van der Waals surface area contributed by atoms with Crippen molar-refractivity contribution in [3.8, 4) is 6.01 Å². The molecule has 6 rings (SSSR count). The molecule has 306 valence electrons. The number of allylic oxidation sites excluding steroid dienone is 1. The quantitative estimate of drug-likeness (QED) is 0.285. The SMILES string of the molecule is CC[C@@H]1C[C@@]12NC(=O)[C@@H]1C[C@H](CN1C(=O)[C@@H](NC(=O)OC(C)(C)C)C(C)(C)C)Oc1nc3c(cccc3[nH]1)C(=O)NCCC=CCCC1(CC1)S(=O)(=O)NC2=O. The van der Waals surface area contributed by atoms with E-state index in [0.717, 1.165) is 0 Å². The molecule has 2 spiro atoms. The first-order valence-corrected chi connectivity index (χ1v) is 20.9. The summed E-state index contributed by atoms with van der Waals surface area (Å²) in [4.78, 5) is 78.2. The van der Waals surface area contributed by atoms with Gasteiger partial charge in [0.25, 0.3) is 17.8 Å². The van der Waals surface area contributed by atoms with Crippen LogP contribution >= 0.6 is 0 Å². The van der Waals surface area contributed by atoms with Crippen molar-refractivity contribution in [2.75, 3.05) is 13.1 Å². The van der Waals surface area contributed by atoms with Gasteiger partial charge in [0.05, 0.1) is 22.4 Å². The predicted octanol–water partition coefficient (Wildman–Crippen LogP) is 3.58. The third-order valence-electron chi connectivity index (χ3n) is 11.1. The molecule has 0 radical (unpaired) electrons. The Balaban J connectivity index is 1.35. The smallest absolute Gasteiger partial charge is 0.408 e. The van der Waals surface area contributed by atoms with Crippen molar-refractivity contribution < 1.29 is 41.9 Å². The average molecular weight is 798 g/mol. The molecule has 5 atom stereocenters. The van der Waals surface area contributed by atoms with Crippen LogP contribution in [0.2, 0.25) is 0 Å². The second kappa shape index (κ2) is 15.0. The zero-order chi connectivity index (χ0) is 40.8. The van der Waals surface area contributed by atoms with Crippen molar-refractivity contribution in [3.63, 3.8) is 0 Å². The van der Waals surface area contributed by atoms with Gasteiger partial charge in [-0.25, -0.2) is 13.2 Å². The first kappa shape index (κ1) is 41.0.